The Morgan fingerprint density at radius 3 is 2.57 bits per heavy atom. The number of hydrogen-bond donors (Lipinski definition) is 2. The van der Waals surface area contributed by atoms with Crippen molar-refractivity contribution in [2.24, 2.45) is 0 Å². The number of fused-ring (bicyclic) bond motifs is 1. The first-order valence-corrected chi connectivity index (χ1v) is 9.87. The summed E-state index contributed by atoms with van der Waals surface area (Å²) in [4.78, 5) is 26.2. The molecule has 0 radical (unpaired) electrons. The first kappa shape index (κ1) is 21.3. The lowest BCUT2D eigenvalue weighted by Crippen LogP contribution is -2.40. The van der Waals surface area contributed by atoms with E-state index in [1.165, 1.54) is 15.7 Å². The van der Waals surface area contributed by atoms with E-state index in [2.05, 4.69) is 34.9 Å². The lowest BCUT2D eigenvalue weighted by molar-refractivity contribution is -0.132. The molecule has 0 saturated heterocycles. The molecule has 3 aromatic carbocycles. The Kier molecular flexibility index (Phi) is 7.03. The fourth-order valence-corrected chi connectivity index (χ4v) is 3.32. The van der Waals surface area contributed by atoms with Crippen LogP contribution in [0.15, 0.2) is 66.7 Å². The van der Waals surface area contributed by atoms with Crippen LogP contribution in [-0.4, -0.2) is 44.0 Å². The van der Waals surface area contributed by atoms with Crippen LogP contribution in [0.4, 0.5) is 5.69 Å². The van der Waals surface area contributed by atoms with Crippen molar-refractivity contribution < 1.29 is 14.3 Å². The molecular formula is C24H27N3O3. The van der Waals surface area contributed by atoms with Gasteiger partial charge in [0.15, 0.2) is 0 Å². The Balaban J connectivity index is 1.53. The maximum atomic E-state index is 12.5. The first-order chi connectivity index (χ1) is 14.5. The highest BCUT2D eigenvalue weighted by Gasteiger charge is 2.15. The van der Waals surface area contributed by atoms with Crippen LogP contribution < -0.4 is 15.4 Å². The van der Waals surface area contributed by atoms with Crippen LogP contribution in [-0.2, 0) is 9.59 Å². The van der Waals surface area contributed by atoms with E-state index in [1.54, 1.807) is 38.4 Å². The average Bonchev–Trinajstić information content (AvgIpc) is 2.76. The highest BCUT2D eigenvalue weighted by molar-refractivity contribution is 5.94. The van der Waals surface area contributed by atoms with Gasteiger partial charge in [0, 0.05) is 24.8 Å². The molecule has 0 aromatic heterocycles. The SMILES string of the molecule is COc1cccc(NC(=O)CN(C)C(=O)CN[C@H](C)c2cccc3ccccc23)c1. The number of nitrogens with one attached hydrogen (secondary N) is 2. The summed E-state index contributed by atoms with van der Waals surface area (Å²) in [6.07, 6.45) is 0. The summed E-state index contributed by atoms with van der Waals surface area (Å²) in [6, 6.07) is 21.4. The van der Waals surface area contributed by atoms with Gasteiger partial charge in [-0.3, -0.25) is 9.59 Å². The lowest BCUT2D eigenvalue weighted by atomic mass is 10.00. The highest BCUT2D eigenvalue weighted by atomic mass is 16.5. The molecule has 3 rings (SSSR count). The number of hydrogen-bond acceptors (Lipinski definition) is 4. The third-order valence-electron chi connectivity index (χ3n) is 5.01. The number of nitrogens with zero attached hydrogens (tertiary/aromatic N) is 1. The average molecular weight is 405 g/mol. The number of anilines is 1. The van der Waals surface area contributed by atoms with Crippen molar-refractivity contribution in [3.8, 4) is 5.75 Å². The van der Waals surface area contributed by atoms with E-state index in [0.29, 0.717) is 11.4 Å². The Bertz CT molecular complexity index is 1030. The van der Waals surface area contributed by atoms with Crippen LogP contribution in [0.2, 0.25) is 0 Å². The number of carbonyl (C=O) groups is 2. The Morgan fingerprint density at radius 1 is 1.03 bits per heavy atom. The zero-order chi connectivity index (χ0) is 21.5. The molecule has 156 valence electrons. The quantitative estimate of drug-likeness (QED) is 0.601. The minimum atomic E-state index is -0.263. The van der Waals surface area contributed by atoms with E-state index >= 15 is 0 Å². The van der Waals surface area contributed by atoms with Crippen LogP contribution in [0.5, 0.6) is 5.75 Å². The number of ether oxygens (including phenoxy) is 1. The Hall–Kier alpha value is -3.38. The number of benzene rings is 3. The molecule has 30 heavy (non-hydrogen) atoms. The second kappa shape index (κ2) is 9.89. The van der Waals surface area contributed by atoms with E-state index in [4.69, 9.17) is 4.74 Å². The fourth-order valence-electron chi connectivity index (χ4n) is 3.32. The molecule has 6 heteroatoms. The molecule has 6 nitrogen and oxygen atoms in total. The molecule has 0 aliphatic rings. The van der Waals surface area contributed by atoms with Crippen molar-refractivity contribution in [2.45, 2.75) is 13.0 Å². The van der Waals surface area contributed by atoms with E-state index < -0.39 is 0 Å². The van der Waals surface area contributed by atoms with Gasteiger partial charge in [0.25, 0.3) is 0 Å². The van der Waals surface area contributed by atoms with Crippen molar-refractivity contribution in [3.05, 3.63) is 72.3 Å². The second-order valence-corrected chi connectivity index (χ2v) is 7.20. The maximum absolute atomic E-state index is 12.5. The number of carbonyl (C=O) groups excluding carboxylic acids is 2. The molecule has 0 spiro atoms. The van der Waals surface area contributed by atoms with Gasteiger partial charge in [-0.15, -0.1) is 0 Å². The van der Waals surface area contributed by atoms with Gasteiger partial charge in [-0.25, -0.2) is 0 Å². The Labute approximate surface area is 176 Å². The summed E-state index contributed by atoms with van der Waals surface area (Å²) in [6.45, 7) is 2.15. The minimum Gasteiger partial charge on any atom is -0.497 e. The first-order valence-electron chi connectivity index (χ1n) is 9.87. The molecular weight excluding hydrogens is 378 g/mol. The van der Waals surface area contributed by atoms with E-state index in [9.17, 15) is 9.59 Å². The summed E-state index contributed by atoms with van der Waals surface area (Å²) in [5.74, 6) is 0.243. The number of amides is 2. The summed E-state index contributed by atoms with van der Waals surface area (Å²) < 4.78 is 5.15. The van der Waals surface area contributed by atoms with Gasteiger partial charge in [-0.05, 0) is 35.4 Å². The van der Waals surface area contributed by atoms with Crippen molar-refractivity contribution in [2.75, 3.05) is 32.6 Å². The molecule has 0 aliphatic heterocycles. The van der Waals surface area contributed by atoms with Gasteiger partial charge in [0.2, 0.25) is 11.8 Å². The van der Waals surface area contributed by atoms with Crippen molar-refractivity contribution in [1.29, 1.82) is 0 Å². The van der Waals surface area contributed by atoms with Crippen molar-refractivity contribution >= 4 is 28.3 Å². The van der Waals surface area contributed by atoms with E-state index in [1.807, 2.05) is 25.1 Å². The molecule has 2 N–H and O–H groups in total. The van der Waals surface area contributed by atoms with Crippen molar-refractivity contribution in [1.82, 2.24) is 10.2 Å². The predicted molar refractivity (Wildman–Crippen MR) is 120 cm³/mol. The zero-order valence-electron chi connectivity index (χ0n) is 17.5. The third kappa shape index (κ3) is 5.36. The van der Waals surface area contributed by atoms with Gasteiger partial charge in [0.1, 0.15) is 5.75 Å². The number of rotatable bonds is 8. The maximum Gasteiger partial charge on any atom is 0.243 e. The lowest BCUT2D eigenvalue weighted by Gasteiger charge is -2.20. The third-order valence-corrected chi connectivity index (χ3v) is 5.01. The van der Waals surface area contributed by atoms with E-state index in [-0.39, 0.29) is 30.9 Å². The number of likely N-dealkylation sites (N-methyl/N-ethyl adjacent to an activating group) is 1. The molecule has 0 unspecified atom stereocenters. The molecule has 3 aromatic rings. The Morgan fingerprint density at radius 2 is 1.77 bits per heavy atom. The minimum absolute atomic E-state index is 0.000870. The normalized spacial score (nSPS) is 11.7. The van der Waals surface area contributed by atoms with Gasteiger partial charge in [-0.2, -0.15) is 0 Å². The van der Waals surface area contributed by atoms with Gasteiger partial charge < -0.3 is 20.3 Å². The molecule has 0 saturated carbocycles. The van der Waals surface area contributed by atoms with Crippen LogP contribution in [0.25, 0.3) is 10.8 Å². The fraction of sp³-hybridized carbons (Fsp3) is 0.250. The van der Waals surface area contributed by atoms with Crippen LogP contribution >= 0.6 is 0 Å². The largest absolute Gasteiger partial charge is 0.497 e. The molecule has 2 amide bonds. The predicted octanol–water partition coefficient (Wildman–Crippen LogP) is 3.60. The monoisotopic (exact) mass is 405 g/mol. The van der Waals surface area contributed by atoms with Crippen LogP contribution in [0.1, 0.15) is 18.5 Å². The summed E-state index contributed by atoms with van der Waals surface area (Å²) >= 11 is 0. The number of methoxy groups -OCH3 is 1. The highest BCUT2D eigenvalue weighted by Crippen LogP contribution is 2.23. The molecule has 0 heterocycles. The molecule has 0 aliphatic carbocycles. The van der Waals surface area contributed by atoms with E-state index in [0.717, 1.165) is 5.56 Å². The summed E-state index contributed by atoms with van der Waals surface area (Å²) in [5.41, 5.74) is 1.77. The van der Waals surface area contributed by atoms with Gasteiger partial charge in [0.05, 0.1) is 20.2 Å². The van der Waals surface area contributed by atoms with Crippen molar-refractivity contribution in [3.63, 3.8) is 0 Å². The topological polar surface area (TPSA) is 70.7 Å². The van der Waals surface area contributed by atoms with Crippen LogP contribution in [0, 0.1) is 0 Å². The van der Waals surface area contributed by atoms with Gasteiger partial charge >= 0.3 is 0 Å². The van der Waals surface area contributed by atoms with Gasteiger partial charge in [-0.1, -0.05) is 48.5 Å². The summed E-state index contributed by atoms with van der Waals surface area (Å²) in [5, 5.41) is 8.38. The zero-order valence-corrected chi connectivity index (χ0v) is 17.5. The molecule has 1 atom stereocenters. The molecule has 0 bridgehead atoms. The molecule has 0 fully saturated rings. The smallest absolute Gasteiger partial charge is 0.243 e. The second-order valence-electron chi connectivity index (χ2n) is 7.20. The van der Waals surface area contributed by atoms with Crippen LogP contribution in [0.3, 0.4) is 0 Å². The summed E-state index contributed by atoms with van der Waals surface area (Å²) in [7, 11) is 3.19. The standard InChI is InChI=1S/C24H27N3O3/c1-17(21-13-6-9-18-8-4-5-12-22(18)21)25-15-24(29)27(2)16-23(28)26-19-10-7-11-20(14-19)30-3/h4-14,17,25H,15-16H2,1-3H3,(H,26,28)/t17-/m1/s1.